The van der Waals surface area contributed by atoms with Crippen molar-refractivity contribution >= 4 is 63.1 Å². The number of carbonyl (C=O) groups excluding carboxylic acids is 3. The number of β-lactam (4-membered cyclic amide) rings is 1. The number of likely N-dealkylation sites (tertiary alicyclic amines) is 1. The summed E-state index contributed by atoms with van der Waals surface area (Å²) in [6, 6.07) is 3.95. The molecule has 2 amide bonds. The first-order chi connectivity index (χ1) is 22.4. The molecule has 2 saturated heterocycles. The van der Waals surface area contributed by atoms with Gasteiger partial charge in [-0.3, -0.25) is 19.8 Å². The summed E-state index contributed by atoms with van der Waals surface area (Å²) in [6.45, 7) is 3.41. The van der Waals surface area contributed by atoms with Crippen molar-refractivity contribution in [2.24, 2.45) is 11.8 Å². The molecule has 15 nitrogen and oxygen atoms in total. The van der Waals surface area contributed by atoms with E-state index in [-0.39, 0.29) is 55.3 Å². The molecule has 18 heteroatoms. The fourth-order valence-corrected chi connectivity index (χ4v) is 9.12. The van der Waals surface area contributed by atoms with Crippen LogP contribution in [0.5, 0.6) is 0 Å². The van der Waals surface area contributed by atoms with E-state index < -0.39 is 53.0 Å². The van der Waals surface area contributed by atoms with Gasteiger partial charge in [-0.2, -0.15) is 4.40 Å². The number of ether oxygens (including phenoxy) is 2. The number of nitro benzene ring substituents is 1. The van der Waals surface area contributed by atoms with Crippen LogP contribution in [-0.4, -0.2) is 91.5 Å². The summed E-state index contributed by atoms with van der Waals surface area (Å²) in [5.74, 6) is -3.17. The topological polar surface area (TPSA) is 186 Å². The number of nitrogens with zero attached hydrogens (tertiary/aromatic N) is 5. The van der Waals surface area contributed by atoms with Gasteiger partial charge in [-0.05, 0) is 30.9 Å². The van der Waals surface area contributed by atoms with Crippen molar-refractivity contribution in [1.29, 1.82) is 0 Å². The second-order valence-electron chi connectivity index (χ2n) is 11.7. The molecule has 0 bridgehead atoms. The molecule has 6 atom stereocenters. The summed E-state index contributed by atoms with van der Waals surface area (Å²) in [5, 5.41) is 32.1. The third kappa shape index (κ3) is 5.67. The summed E-state index contributed by atoms with van der Waals surface area (Å²) >= 11 is 2.84. The van der Waals surface area contributed by atoms with Crippen LogP contribution in [0.2, 0.25) is 0 Å². The maximum atomic E-state index is 13.2. The van der Waals surface area contributed by atoms with Crippen molar-refractivity contribution in [1.82, 2.24) is 14.4 Å². The van der Waals surface area contributed by atoms with Crippen LogP contribution in [0.15, 0.2) is 47.5 Å². The zero-order valence-corrected chi connectivity index (χ0v) is 28.5. The number of aliphatic carboxylic acids is 1. The number of thiazole rings is 1. The fraction of sp³-hybridized carbons (Fsp3) is 0.433. The number of aliphatic hydroxyl groups excluding tert-OH is 1. The number of hydrogen-bond donors (Lipinski definition) is 2. The van der Waals surface area contributed by atoms with E-state index in [1.807, 2.05) is 34.7 Å². The lowest BCUT2D eigenvalue weighted by Gasteiger charge is -2.46. The van der Waals surface area contributed by atoms with E-state index in [9.17, 15) is 39.5 Å². The molecular formula is C30H32ClN5O10S2. The monoisotopic (exact) mass is 721 g/mol. The van der Waals surface area contributed by atoms with Crippen LogP contribution >= 0.6 is 23.1 Å². The zero-order valence-electron chi connectivity index (χ0n) is 26.1. The minimum absolute atomic E-state index is 0. The van der Waals surface area contributed by atoms with Gasteiger partial charge < -0.3 is 37.0 Å². The van der Waals surface area contributed by atoms with Gasteiger partial charge in [0.05, 0.1) is 41.5 Å². The number of imidazole rings is 1. The Labute approximate surface area is 288 Å². The van der Waals surface area contributed by atoms with Crippen molar-refractivity contribution in [2.75, 3.05) is 19.9 Å². The first-order valence-corrected chi connectivity index (χ1v) is 16.7. The number of esters is 1. The van der Waals surface area contributed by atoms with E-state index in [4.69, 9.17) is 9.47 Å². The number of thioether (sulfide) groups is 1. The lowest BCUT2D eigenvalue weighted by Crippen LogP contribution is -3.00. The van der Waals surface area contributed by atoms with Crippen LogP contribution in [0.4, 0.5) is 10.5 Å². The summed E-state index contributed by atoms with van der Waals surface area (Å²) in [6.07, 6.45) is 4.18. The Balaban J connectivity index is 0.00000451. The highest BCUT2D eigenvalue weighted by Crippen LogP contribution is 2.51. The van der Waals surface area contributed by atoms with Gasteiger partial charge in [0.1, 0.15) is 30.6 Å². The van der Waals surface area contributed by atoms with Gasteiger partial charge in [0, 0.05) is 30.0 Å². The van der Waals surface area contributed by atoms with Crippen LogP contribution in [0.3, 0.4) is 0 Å². The van der Waals surface area contributed by atoms with Gasteiger partial charge in [0.2, 0.25) is 15.8 Å². The van der Waals surface area contributed by atoms with E-state index >= 15 is 0 Å². The van der Waals surface area contributed by atoms with Gasteiger partial charge in [-0.1, -0.05) is 30.0 Å². The molecular weight excluding hydrogens is 690 g/mol. The molecule has 2 N–H and O–H groups in total. The van der Waals surface area contributed by atoms with E-state index in [0.29, 0.717) is 16.0 Å². The lowest BCUT2D eigenvalue weighted by atomic mass is 9.77. The number of methoxy groups -OCH3 is 1. The molecule has 256 valence electrons. The Hall–Kier alpha value is -4.19. The van der Waals surface area contributed by atoms with Crippen molar-refractivity contribution in [3.05, 3.63) is 63.0 Å². The molecule has 3 aliphatic rings. The van der Waals surface area contributed by atoms with E-state index in [0.717, 1.165) is 9.86 Å². The number of aliphatic hydroxyl groups is 1. The summed E-state index contributed by atoms with van der Waals surface area (Å²) in [4.78, 5) is 65.7. The zero-order chi connectivity index (χ0) is 33.9. The molecule has 0 spiro atoms. The predicted octanol–water partition coefficient (Wildman–Crippen LogP) is -0.299. The lowest BCUT2D eigenvalue weighted by molar-refractivity contribution is -0.508. The minimum Gasteiger partial charge on any atom is -1.00 e. The molecule has 0 radical (unpaired) electrons. The Kier molecular flexibility index (Phi) is 9.79. The number of amides is 2. The Morgan fingerprint density at radius 3 is 2.52 bits per heavy atom. The van der Waals surface area contributed by atoms with Gasteiger partial charge >= 0.3 is 18.0 Å². The van der Waals surface area contributed by atoms with Gasteiger partial charge in [0.25, 0.3) is 12.0 Å². The molecule has 0 unspecified atom stereocenters. The van der Waals surface area contributed by atoms with E-state index in [1.54, 1.807) is 0 Å². The van der Waals surface area contributed by atoms with E-state index in [2.05, 4.69) is 0 Å². The highest BCUT2D eigenvalue weighted by molar-refractivity contribution is 7.98. The first kappa shape index (κ1) is 35.1. The van der Waals surface area contributed by atoms with Crippen LogP contribution in [-0.2, 0) is 30.5 Å². The number of carboxylic acid groups (broad SMARTS) is 1. The van der Waals surface area contributed by atoms with Gasteiger partial charge in [0.15, 0.2) is 0 Å². The number of non-ortho nitro benzene ring substituents is 1. The van der Waals surface area contributed by atoms with Crippen LogP contribution < -0.4 is 16.8 Å². The average molecular weight is 722 g/mol. The molecule has 1 aromatic carbocycles. The molecule has 6 rings (SSSR count). The highest BCUT2D eigenvalue weighted by Gasteiger charge is 2.60. The average Bonchev–Trinajstić information content (AvgIpc) is 3.78. The second-order valence-corrected chi connectivity index (χ2v) is 13.5. The fourth-order valence-electron chi connectivity index (χ4n) is 6.89. The molecule has 3 aromatic rings. The normalized spacial score (nSPS) is 23.9. The Morgan fingerprint density at radius 1 is 1.25 bits per heavy atom. The third-order valence-electron chi connectivity index (χ3n) is 9.09. The number of benzene rings is 1. The number of rotatable bonds is 9. The van der Waals surface area contributed by atoms with Crippen LogP contribution in [0, 0.1) is 22.0 Å². The molecule has 48 heavy (non-hydrogen) atoms. The predicted molar refractivity (Wildman–Crippen MR) is 166 cm³/mol. The minimum atomic E-state index is -1.20. The first-order valence-electron chi connectivity index (χ1n) is 14.7. The Morgan fingerprint density at radius 2 is 1.94 bits per heavy atom. The summed E-state index contributed by atoms with van der Waals surface area (Å²) in [7, 11) is 1.25. The number of carboxylic acids is 1. The number of nitro groups is 1. The summed E-state index contributed by atoms with van der Waals surface area (Å²) < 4.78 is 14.3. The molecule has 0 saturated carbocycles. The number of carbonyl (C=O) groups is 4. The SMILES string of the molecule is COC(=O)[C@@H]1C[C@@H](n2c[n+]3cc(C4=C(C(=O)O)N5C(=O)[C@H]([C@@H](C)O)[C@H]5[C@H]4C)sc3c2SC)CN1C(=O)OCc1ccc([N+](=O)[O-])cc1.[Cl-]. The standard InChI is InChI=1S/C30H31N5O10S2.ClH/c1-14-21(24(28(38)39)34-23(14)22(15(2)36)25(34)37)20-11-31-13-33(27(46-4)26(31)47-20)18-9-19(29(40)44-3)32(10-18)30(41)45-12-16-5-7-17(8-6-16)35(42)43;/h5-8,11,13-15,18-19,22-23,36H,9-10,12H2,1-4H3;1H/t14-,15+,18+,19-,22+,23+;/m0./s1. The largest absolute Gasteiger partial charge is 1.00 e. The summed E-state index contributed by atoms with van der Waals surface area (Å²) in [5.41, 5.74) is 0.938. The van der Waals surface area contributed by atoms with Crippen LogP contribution in [0.25, 0.3) is 10.4 Å². The van der Waals surface area contributed by atoms with Crippen molar-refractivity contribution in [3.63, 3.8) is 0 Å². The number of halogens is 1. The molecule has 0 aliphatic carbocycles. The number of aromatic nitrogens is 2. The quantitative estimate of drug-likeness (QED) is 0.0738. The third-order valence-corrected chi connectivity index (χ3v) is 11.1. The molecule has 2 fully saturated rings. The van der Waals surface area contributed by atoms with Crippen molar-refractivity contribution in [2.45, 2.75) is 56.1 Å². The van der Waals surface area contributed by atoms with Gasteiger partial charge in [-0.25, -0.2) is 19.0 Å². The van der Waals surface area contributed by atoms with Crippen LogP contribution in [0.1, 0.15) is 36.8 Å². The smallest absolute Gasteiger partial charge is 0.411 e. The maximum Gasteiger partial charge on any atom is 0.411 e. The number of fused-ring (bicyclic) bond motifs is 2. The molecule has 5 heterocycles. The number of hydrogen-bond acceptors (Lipinski definition) is 11. The highest BCUT2D eigenvalue weighted by atomic mass is 35.5. The maximum absolute atomic E-state index is 13.2. The van der Waals surface area contributed by atoms with E-state index in [1.165, 1.54) is 71.2 Å². The second kappa shape index (κ2) is 13.4. The Bertz CT molecular complexity index is 1840. The van der Waals surface area contributed by atoms with Crippen molar-refractivity contribution in [3.8, 4) is 0 Å². The molecule has 3 aliphatic heterocycles. The van der Waals surface area contributed by atoms with Crippen molar-refractivity contribution < 1.29 is 60.6 Å². The van der Waals surface area contributed by atoms with Gasteiger partial charge in [-0.15, -0.1) is 0 Å². The molecule has 2 aromatic heterocycles.